The number of halogens is 1. The molecule has 3 N–H and O–H groups in total. The molecule has 5 aromatic rings. The molecule has 2 aromatic heterocycles. The van der Waals surface area contributed by atoms with Crippen LogP contribution in [0.5, 0.6) is 0 Å². The first kappa shape index (κ1) is 31.8. The summed E-state index contributed by atoms with van der Waals surface area (Å²) in [5.41, 5.74) is 3.46. The first-order valence-electron chi connectivity index (χ1n) is 14.1. The lowest BCUT2D eigenvalue weighted by Gasteiger charge is -2.20. The molecule has 0 spiro atoms. The lowest BCUT2D eigenvalue weighted by Crippen LogP contribution is -2.33. The third-order valence-corrected chi connectivity index (χ3v) is 7.12. The molecule has 13 nitrogen and oxygen atoms in total. The van der Waals surface area contributed by atoms with E-state index in [1.807, 2.05) is 30.3 Å². The highest BCUT2D eigenvalue weighted by atomic mass is 35.5. The van der Waals surface area contributed by atoms with Crippen LogP contribution in [0.25, 0.3) is 22.9 Å². The number of anilines is 1. The van der Waals surface area contributed by atoms with Gasteiger partial charge in [-0.2, -0.15) is 9.78 Å². The van der Waals surface area contributed by atoms with Crippen LogP contribution in [-0.4, -0.2) is 60.8 Å². The summed E-state index contributed by atoms with van der Waals surface area (Å²) in [6.45, 7) is -0.373. The van der Waals surface area contributed by atoms with Crippen LogP contribution in [0, 0.1) is 0 Å². The normalized spacial score (nSPS) is 11.7. The number of hydrogen-bond donors (Lipinski definition) is 3. The number of tetrazole rings is 1. The van der Waals surface area contributed by atoms with Crippen LogP contribution in [0.4, 0.5) is 10.5 Å². The number of aliphatic hydroxyl groups excluding tert-OH is 1. The van der Waals surface area contributed by atoms with Crippen LogP contribution in [0.3, 0.4) is 0 Å². The summed E-state index contributed by atoms with van der Waals surface area (Å²) < 4.78 is 7.27. The quantitative estimate of drug-likeness (QED) is 0.182. The highest BCUT2D eigenvalue weighted by molar-refractivity contribution is 6.30. The average Bonchev–Trinajstić information content (AvgIpc) is 3.60. The number of amides is 2. The van der Waals surface area contributed by atoms with Crippen LogP contribution >= 0.6 is 11.6 Å². The zero-order chi connectivity index (χ0) is 32.5. The predicted octanol–water partition coefficient (Wildman–Crippen LogP) is 3.82. The van der Waals surface area contributed by atoms with Gasteiger partial charge in [0.2, 0.25) is 5.91 Å². The lowest BCUT2D eigenvalue weighted by atomic mass is 10.00. The molecule has 0 aliphatic carbocycles. The van der Waals surface area contributed by atoms with E-state index < -0.39 is 23.6 Å². The number of methoxy groups -OCH3 is 1. The lowest BCUT2D eigenvalue weighted by molar-refractivity contribution is -0.117. The number of nitrogens with one attached hydrogen (secondary N) is 2. The van der Waals surface area contributed by atoms with Gasteiger partial charge in [-0.25, -0.2) is 9.48 Å². The van der Waals surface area contributed by atoms with Crippen LogP contribution < -0.4 is 16.2 Å². The minimum atomic E-state index is -0.664. The smallest absolute Gasteiger partial charge is 0.411 e. The molecule has 1 unspecified atom stereocenters. The highest BCUT2D eigenvalue weighted by Gasteiger charge is 2.20. The number of carbonyl (C=O) groups excluding carboxylic acids is 2. The second-order valence-corrected chi connectivity index (χ2v) is 10.4. The van der Waals surface area contributed by atoms with Crippen molar-refractivity contribution in [2.45, 2.75) is 19.0 Å². The predicted molar refractivity (Wildman–Crippen MR) is 171 cm³/mol. The summed E-state index contributed by atoms with van der Waals surface area (Å²) in [5, 5.41) is 31.6. The van der Waals surface area contributed by atoms with Gasteiger partial charge in [-0.3, -0.25) is 14.9 Å². The summed E-state index contributed by atoms with van der Waals surface area (Å²) in [6.07, 6.45) is 4.14. The molecule has 0 saturated carbocycles. The van der Waals surface area contributed by atoms with Crippen LogP contribution in [0.1, 0.15) is 22.9 Å². The molecule has 2 amide bonds. The van der Waals surface area contributed by atoms with Gasteiger partial charge in [-0.05, 0) is 70.4 Å². The largest absolute Gasteiger partial charge is 0.453 e. The summed E-state index contributed by atoms with van der Waals surface area (Å²) in [6, 6.07) is 22.2. The molecule has 3 aromatic carbocycles. The number of nitrogens with zero attached hydrogens (tertiary/aromatic N) is 6. The molecular formula is C32H29ClN8O5. The molecule has 0 fully saturated rings. The minimum Gasteiger partial charge on any atom is -0.453 e. The van der Waals surface area contributed by atoms with E-state index in [1.54, 1.807) is 54.6 Å². The van der Waals surface area contributed by atoms with Gasteiger partial charge in [0.1, 0.15) is 6.33 Å². The number of aliphatic hydroxyl groups is 1. The molecule has 2 heterocycles. The van der Waals surface area contributed by atoms with Gasteiger partial charge in [-0.1, -0.05) is 54.1 Å². The molecule has 0 aliphatic rings. The van der Waals surface area contributed by atoms with Crippen molar-refractivity contribution in [2.24, 2.45) is 0 Å². The Kier molecular flexibility index (Phi) is 10.3. The number of hydrogen-bond acceptors (Lipinski definition) is 9. The number of benzene rings is 3. The topological polar surface area (TPSA) is 166 Å². The van der Waals surface area contributed by atoms with E-state index in [2.05, 4.69) is 36.0 Å². The van der Waals surface area contributed by atoms with E-state index in [9.17, 15) is 19.5 Å². The Morgan fingerprint density at radius 1 is 1.07 bits per heavy atom. The number of aromatic nitrogens is 6. The van der Waals surface area contributed by atoms with E-state index in [0.717, 1.165) is 5.56 Å². The van der Waals surface area contributed by atoms with E-state index in [1.165, 1.54) is 28.9 Å². The standard InChI is InChI=1S/C32H29ClN8O5/c1-46-32(45)35-25-11-7-22(8-12-25)26-19-28(37-40(15-16-42)31(26)44)27(17-21-5-3-2-4-6-21)36-30(43)14-9-23-18-24(33)10-13-29(23)41-20-34-38-39-41/h2-14,18-20,27,42H,15-17H2,1H3,(H,35,45)(H,36,43). The van der Waals surface area contributed by atoms with E-state index >= 15 is 0 Å². The van der Waals surface area contributed by atoms with Gasteiger partial charge >= 0.3 is 6.09 Å². The molecule has 14 heteroatoms. The number of ether oxygens (including phenoxy) is 1. The Labute approximate surface area is 268 Å². The Balaban J connectivity index is 1.49. The Hall–Kier alpha value is -5.66. The molecule has 1 atom stereocenters. The monoisotopic (exact) mass is 640 g/mol. The van der Waals surface area contributed by atoms with Gasteiger partial charge in [0, 0.05) is 22.3 Å². The molecule has 0 aliphatic heterocycles. The summed E-state index contributed by atoms with van der Waals surface area (Å²) in [5.74, 6) is -0.426. The summed E-state index contributed by atoms with van der Waals surface area (Å²) >= 11 is 6.23. The van der Waals surface area contributed by atoms with Crippen molar-refractivity contribution in [3.8, 4) is 16.8 Å². The third kappa shape index (κ3) is 7.88. The summed E-state index contributed by atoms with van der Waals surface area (Å²) in [7, 11) is 1.26. The van der Waals surface area contributed by atoms with Crippen molar-refractivity contribution in [2.75, 3.05) is 19.0 Å². The Morgan fingerprint density at radius 2 is 1.85 bits per heavy atom. The van der Waals surface area contributed by atoms with Crippen molar-refractivity contribution in [3.05, 3.63) is 123 Å². The van der Waals surface area contributed by atoms with Crippen LogP contribution in [0.2, 0.25) is 5.02 Å². The minimum absolute atomic E-state index is 0.0533. The maximum absolute atomic E-state index is 13.4. The first-order valence-corrected chi connectivity index (χ1v) is 14.5. The highest BCUT2D eigenvalue weighted by Crippen LogP contribution is 2.24. The van der Waals surface area contributed by atoms with E-state index in [0.29, 0.717) is 45.2 Å². The van der Waals surface area contributed by atoms with Gasteiger partial charge in [-0.15, -0.1) is 5.10 Å². The number of carbonyl (C=O) groups is 2. The van der Waals surface area contributed by atoms with Crippen molar-refractivity contribution < 1.29 is 19.4 Å². The van der Waals surface area contributed by atoms with Crippen molar-refractivity contribution in [3.63, 3.8) is 0 Å². The molecule has 46 heavy (non-hydrogen) atoms. The fourth-order valence-corrected chi connectivity index (χ4v) is 4.87. The van der Waals surface area contributed by atoms with Crippen LogP contribution in [0.15, 0.2) is 96.1 Å². The van der Waals surface area contributed by atoms with Crippen molar-refractivity contribution in [1.29, 1.82) is 0 Å². The van der Waals surface area contributed by atoms with Gasteiger partial charge in [0.25, 0.3) is 5.56 Å². The molecule has 234 valence electrons. The Bertz CT molecular complexity index is 1890. The van der Waals surface area contributed by atoms with E-state index in [-0.39, 0.29) is 13.2 Å². The first-order chi connectivity index (χ1) is 22.3. The second kappa shape index (κ2) is 14.9. The zero-order valence-electron chi connectivity index (χ0n) is 24.6. The Morgan fingerprint density at radius 3 is 2.54 bits per heavy atom. The van der Waals surface area contributed by atoms with Gasteiger partial charge in [0.15, 0.2) is 0 Å². The van der Waals surface area contributed by atoms with Crippen molar-refractivity contribution in [1.82, 2.24) is 35.3 Å². The van der Waals surface area contributed by atoms with Gasteiger partial charge < -0.3 is 15.2 Å². The van der Waals surface area contributed by atoms with E-state index in [4.69, 9.17) is 11.6 Å². The fourth-order valence-electron chi connectivity index (χ4n) is 4.69. The molecule has 0 saturated heterocycles. The maximum Gasteiger partial charge on any atom is 0.411 e. The molecule has 0 radical (unpaired) electrons. The molecular weight excluding hydrogens is 612 g/mol. The zero-order valence-corrected chi connectivity index (χ0v) is 25.3. The van der Waals surface area contributed by atoms with Gasteiger partial charge in [0.05, 0.1) is 43.2 Å². The fraction of sp³-hybridized carbons (Fsp3) is 0.156. The molecule has 0 bridgehead atoms. The van der Waals surface area contributed by atoms with Crippen molar-refractivity contribution >= 4 is 35.4 Å². The average molecular weight is 641 g/mol. The number of rotatable bonds is 11. The molecule has 5 rings (SSSR count). The second-order valence-electron chi connectivity index (χ2n) is 9.97. The maximum atomic E-state index is 13.4. The summed E-state index contributed by atoms with van der Waals surface area (Å²) in [4.78, 5) is 38.4. The van der Waals surface area contributed by atoms with Crippen LogP contribution in [-0.2, 0) is 22.5 Å². The SMILES string of the molecule is COC(=O)Nc1ccc(-c2cc(C(Cc3ccccc3)NC(=O)C=Cc3cc(Cl)ccc3-n3cnnn3)nn(CCO)c2=O)cc1. The third-order valence-electron chi connectivity index (χ3n) is 6.89.